The van der Waals surface area contributed by atoms with Crippen LogP contribution in [0.25, 0.3) is 0 Å². The number of hydrogen-bond donors (Lipinski definition) is 3. The third kappa shape index (κ3) is 3.03. The van der Waals surface area contributed by atoms with E-state index >= 15 is 0 Å². The molecule has 5 N–H and O–H groups in total. The van der Waals surface area contributed by atoms with Gasteiger partial charge in [0.1, 0.15) is 5.82 Å². The minimum absolute atomic E-state index is 0.277. The number of hydrogen-bond acceptors (Lipinski definition) is 5. The first-order chi connectivity index (χ1) is 9.61. The van der Waals surface area contributed by atoms with E-state index in [0.29, 0.717) is 18.1 Å². The zero-order chi connectivity index (χ0) is 14.5. The van der Waals surface area contributed by atoms with E-state index in [1.165, 1.54) is 12.3 Å². The number of carbonyl (C=O) groups is 1. The van der Waals surface area contributed by atoms with Crippen LogP contribution in [0.2, 0.25) is 0 Å². The van der Waals surface area contributed by atoms with Gasteiger partial charge in [-0.05, 0) is 24.1 Å². The Labute approximate surface area is 117 Å². The number of rotatable bonds is 5. The van der Waals surface area contributed by atoms with Crippen molar-refractivity contribution in [3.05, 3.63) is 47.4 Å². The van der Waals surface area contributed by atoms with Crippen LogP contribution in [0.15, 0.2) is 30.6 Å². The Kier molecular flexibility index (Phi) is 4.14. The Balaban J connectivity index is 2.21. The van der Waals surface area contributed by atoms with E-state index in [2.05, 4.69) is 22.2 Å². The number of nitrogens with two attached hydrogens (primary N) is 2. The van der Waals surface area contributed by atoms with Crippen LogP contribution in [0.4, 0.5) is 11.5 Å². The van der Waals surface area contributed by atoms with E-state index in [4.69, 9.17) is 11.5 Å². The van der Waals surface area contributed by atoms with Crippen LogP contribution in [0.1, 0.15) is 28.5 Å². The third-order valence-corrected chi connectivity index (χ3v) is 2.96. The van der Waals surface area contributed by atoms with Gasteiger partial charge in [0.2, 0.25) is 0 Å². The highest BCUT2D eigenvalue weighted by molar-refractivity contribution is 5.98. The summed E-state index contributed by atoms with van der Waals surface area (Å²) < 4.78 is 0. The summed E-state index contributed by atoms with van der Waals surface area (Å²) in [5.41, 5.74) is 13.7. The second-order valence-corrected chi connectivity index (χ2v) is 4.35. The molecule has 2 aromatic heterocycles. The molecule has 104 valence electrons. The normalized spacial score (nSPS) is 10.2. The summed E-state index contributed by atoms with van der Waals surface area (Å²) in [4.78, 5) is 19.8. The molecule has 2 aromatic rings. The second-order valence-electron chi connectivity index (χ2n) is 4.35. The summed E-state index contributed by atoms with van der Waals surface area (Å²) in [5.74, 6) is -0.150. The van der Waals surface area contributed by atoms with Gasteiger partial charge in [-0.2, -0.15) is 0 Å². The quantitative estimate of drug-likeness (QED) is 0.760. The van der Waals surface area contributed by atoms with Gasteiger partial charge in [0, 0.05) is 6.20 Å². The summed E-state index contributed by atoms with van der Waals surface area (Å²) in [5, 5.41) is 3.08. The van der Waals surface area contributed by atoms with Crippen LogP contribution in [0.5, 0.6) is 0 Å². The van der Waals surface area contributed by atoms with Crippen molar-refractivity contribution < 1.29 is 4.79 Å². The van der Waals surface area contributed by atoms with Crippen LogP contribution >= 0.6 is 0 Å². The summed E-state index contributed by atoms with van der Waals surface area (Å²) in [6.07, 6.45) is 4.11. The summed E-state index contributed by atoms with van der Waals surface area (Å²) in [7, 11) is 0. The molecule has 20 heavy (non-hydrogen) atoms. The van der Waals surface area contributed by atoms with Gasteiger partial charge in [-0.1, -0.05) is 13.0 Å². The minimum Gasteiger partial charge on any atom is -0.397 e. The van der Waals surface area contributed by atoms with Crippen LogP contribution in [0.3, 0.4) is 0 Å². The number of nitrogen functional groups attached to an aromatic ring is 1. The fraction of sp³-hybridized carbons (Fsp3) is 0.214. The van der Waals surface area contributed by atoms with Crippen molar-refractivity contribution >= 4 is 17.4 Å². The predicted molar refractivity (Wildman–Crippen MR) is 78.1 cm³/mol. The molecule has 2 heterocycles. The third-order valence-electron chi connectivity index (χ3n) is 2.96. The molecule has 6 heteroatoms. The van der Waals surface area contributed by atoms with Crippen LogP contribution < -0.4 is 16.8 Å². The molecule has 1 amide bonds. The molecular formula is C14H17N5O. The summed E-state index contributed by atoms with van der Waals surface area (Å²) in [6, 6.07) is 5.44. The fourth-order valence-electron chi connectivity index (χ4n) is 1.93. The molecule has 0 aromatic carbocycles. The second kappa shape index (κ2) is 6.01. The maximum absolute atomic E-state index is 11.4. The molecule has 0 saturated carbocycles. The molecule has 0 aliphatic rings. The number of nitrogens with one attached hydrogen (secondary N) is 1. The minimum atomic E-state index is -0.566. The Morgan fingerprint density at radius 2 is 2.20 bits per heavy atom. The fourth-order valence-corrected chi connectivity index (χ4v) is 1.93. The first kappa shape index (κ1) is 13.8. The van der Waals surface area contributed by atoms with E-state index in [1.807, 2.05) is 12.1 Å². The van der Waals surface area contributed by atoms with Gasteiger partial charge in [-0.25, -0.2) is 4.98 Å². The zero-order valence-corrected chi connectivity index (χ0v) is 11.3. The lowest BCUT2D eigenvalue weighted by Gasteiger charge is -2.11. The molecule has 6 nitrogen and oxygen atoms in total. The molecule has 0 aliphatic carbocycles. The number of aryl methyl sites for hydroxylation is 1. The number of pyridine rings is 2. The molecule has 0 radical (unpaired) electrons. The van der Waals surface area contributed by atoms with Gasteiger partial charge in [-0.15, -0.1) is 0 Å². The zero-order valence-electron chi connectivity index (χ0n) is 11.3. The molecule has 0 spiro atoms. The maximum atomic E-state index is 11.4. The highest BCUT2D eigenvalue weighted by Crippen LogP contribution is 2.16. The Morgan fingerprint density at radius 3 is 2.90 bits per heavy atom. The highest BCUT2D eigenvalue weighted by atomic mass is 16.1. The van der Waals surface area contributed by atoms with Gasteiger partial charge < -0.3 is 16.8 Å². The lowest BCUT2D eigenvalue weighted by Crippen LogP contribution is -2.16. The van der Waals surface area contributed by atoms with Crippen molar-refractivity contribution in [2.75, 3.05) is 11.1 Å². The average molecular weight is 271 g/mol. The van der Waals surface area contributed by atoms with Crippen LogP contribution in [0, 0.1) is 0 Å². The molecule has 2 rings (SSSR count). The molecule has 0 unspecified atom stereocenters. The van der Waals surface area contributed by atoms with Gasteiger partial charge in [-0.3, -0.25) is 9.78 Å². The number of primary amides is 1. The lowest BCUT2D eigenvalue weighted by molar-refractivity contribution is 0.100. The Bertz CT molecular complexity index is 627. The van der Waals surface area contributed by atoms with Crippen molar-refractivity contribution in [2.45, 2.75) is 19.9 Å². The molecule has 0 aliphatic heterocycles. The predicted octanol–water partition coefficient (Wildman–Crippen LogP) is 1.33. The average Bonchev–Trinajstić information content (AvgIpc) is 2.46. The first-order valence-corrected chi connectivity index (χ1v) is 6.33. The van der Waals surface area contributed by atoms with Gasteiger partial charge in [0.15, 0.2) is 0 Å². The van der Waals surface area contributed by atoms with Crippen molar-refractivity contribution in [3.63, 3.8) is 0 Å². The number of carbonyl (C=O) groups excluding carboxylic acids is 1. The summed E-state index contributed by atoms with van der Waals surface area (Å²) in [6.45, 7) is 2.54. The van der Waals surface area contributed by atoms with Gasteiger partial charge >= 0.3 is 0 Å². The van der Waals surface area contributed by atoms with Crippen molar-refractivity contribution in [1.82, 2.24) is 9.97 Å². The Morgan fingerprint density at radius 1 is 1.40 bits per heavy atom. The van der Waals surface area contributed by atoms with Crippen molar-refractivity contribution in [2.24, 2.45) is 5.73 Å². The molecule has 0 fully saturated rings. The van der Waals surface area contributed by atoms with Gasteiger partial charge in [0.25, 0.3) is 5.91 Å². The lowest BCUT2D eigenvalue weighted by atomic mass is 10.1. The Hall–Kier alpha value is -2.63. The smallest absolute Gasteiger partial charge is 0.252 e. The molecule has 0 atom stereocenters. The van der Waals surface area contributed by atoms with E-state index < -0.39 is 5.91 Å². The van der Waals surface area contributed by atoms with Crippen LogP contribution in [-0.4, -0.2) is 15.9 Å². The first-order valence-electron chi connectivity index (χ1n) is 6.33. The van der Waals surface area contributed by atoms with E-state index in [9.17, 15) is 4.79 Å². The van der Waals surface area contributed by atoms with Gasteiger partial charge in [0.05, 0.1) is 29.7 Å². The number of amides is 1. The standard InChI is InChI=1S/C14H17N5O/c1-2-9-4-3-5-17-12(9)8-19-14-11(13(16)20)6-10(15)7-18-14/h3-7H,2,8,15H2,1H3,(H2,16,20)(H,18,19). The highest BCUT2D eigenvalue weighted by Gasteiger charge is 2.11. The summed E-state index contributed by atoms with van der Waals surface area (Å²) >= 11 is 0. The van der Waals surface area contributed by atoms with Crippen LogP contribution in [-0.2, 0) is 13.0 Å². The SMILES string of the molecule is CCc1cccnc1CNc1ncc(N)cc1C(N)=O. The van der Waals surface area contributed by atoms with E-state index in [1.54, 1.807) is 6.20 Å². The topological polar surface area (TPSA) is 107 Å². The molecule has 0 bridgehead atoms. The number of nitrogens with zero attached hydrogens (tertiary/aromatic N) is 2. The van der Waals surface area contributed by atoms with E-state index in [0.717, 1.165) is 17.7 Å². The number of aromatic nitrogens is 2. The largest absolute Gasteiger partial charge is 0.397 e. The molecule has 0 saturated heterocycles. The van der Waals surface area contributed by atoms with Crippen molar-refractivity contribution in [1.29, 1.82) is 0 Å². The number of anilines is 2. The van der Waals surface area contributed by atoms with Crippen molar-refractivity contribution in [3.8, 4) is 0 Å². The maximum Gasteiger partial charge on any atom is 0.252 e. The van der Waals surface area contributed by atoms with E-state index in [-0.39, 0.29) is 5.56 Å². The monoisotopic (exact) mass is 271 g/mol. The molecular weight excluding hydrogens is 254 g/mol.